The first-order valence-electron chi connectivity index (χ1n) is 4.96. The lowest BCUT2D eigenvalue weighted by molar-refractivity contribution is 0.699. The molecule has 0 fully saturated rings. The van der Waals surface area contributed by atoms with Crippen LogP contribution in [0.3, 0.4) is 0 Å². The molecular weight excluding hydrogens is 254 g/mol. The maximum Gasteiger partial charge on any atom is 0.115 e. The number of hydrogen-bond donors (Lipinski definition) is 1. The maximum absolute atomic E-state index is 5.79. The molecule has 0 aromatic carbocycles. The van der Waals surface area contributed by atoms with E-state index in [0.717, 1.165) is 27.9 Å². The van der Waals surface area contributed by atoms with Gasteiger partial charge >= 0.3 is 0 Å². The number of nitrogens with zero attached hydrogens (tertiary/aromatic N) is 2. The quantitative estimate of drug-likeness (QED) is 0.908. The molecule has 4 heteroatoms. The predicted molar refractivity (Wildman–Crippen MR) is 65.0 cm³/mol. The number of imidazole rings is 1. The number of hydrogen-bond acceptors (Lipinski definition) is 2. The zero-order valence-corrected chi connectivity index (χ0v) is 10.5. The normalized spacial score (nSPS) is 13.3. The summed E-state index contributed by atoms with van der Waals surface area (Å²) in [6.45, 7) is 4.02. The molecular formula is C11H14BrN3. The minimum absolute atomic E-state index is 0.138. The summed E-state index contributed by atoms with van der Waals surface area (Å²) in [5, 5.41) is 0. The van der Waals surface area contributed by atoms with E-state index in [0.29, 0.717) is 0 Å². The van der Waals surface area contributed by atoms with Crippen molar-refractivity contribution in [2.24, 2.45) is 5.73 Å². The van der Waals surface area contributed by atoms with E-state index in [2.05, 4.69) is 31.4 Å². The van der Waals surface area contributed by atoms with Gasteiger partial charge in [-0.05, 0) is 26.0 Å². The van der Waals surface area contributed by atoms with Gasteiger partial charge in [0.1, 0.15) is 5.82 Å². The first kappa shape index (κ1) is 10.6. The van der Waals surface area contributed by atoms with Crippen molar-refractivity contribution in [1.29, 1.82) is 0 Å². The average molecular weight is 268 g/mol. The molecule has 0 saturated heterocycles. The molecule has 2 aromatic rings. The smallest absolute Gasteiger partial charge is 0.115 e. The van der Waals surface area contributed by atoms with Crippen LogP contribution in [0.1, 0.15) is 18.4 Å². The SMILES string of the molecule is Cc1nc(CC(C)N)n2ccc(Br)cc12. The van der Waals surface area contributed by atoms with E-state index in [4.69, 9.17) is 5.73 Å². The molecule has 1 unspecified atom stereocenters. The number of aryl methyl sites for hydroxylation is 1. The average Bonchev–Trinajstić information content (AvgIpc) is 2.42. The van der Waals surface area contributed by atoms with Gasteiger partial charge in [0.2, 0.25) is 0 Å². The summed E-state index contributed by atoms with van der Waals surface area (Å²) < 4.78 is 3.18. The fraction of sp³-hybridized carbons (Fsp3) is 0.364. The van der Waals surface area contributed by atoms with Gasteiger partial charge < -0.3 is 10.1 Å². The fourth-order valence-electron chi connectivity index (χ4n) is 1.71. The van der Waals surface area contributed by atoms with Crippen molar-refractivity contribution in [3.05, 3.63) is 34.3 Å². The van der Waals surface area contributed by atoms with E-state index in [1.165, 1.54) is 0 Å². The summed E-state index contributed by atoms with van der Waals surface area (Å²) in [6, 6.07) is 4.23. The van der Waals surface area contributed by atoms with Gasteiger partial charge in [-0.25, -0.2) is 4.98 Å². The predicted octanol–water partition coefficient (Wildman–Crippen LogP) is 2.29. The Morgan fingerprint density at radius 3 is 3.00 bits per heavy atom. The van der Waals surface area contributed by atoms with Crippen molar-refractivity contribution in [3.8, 4) is 0 Å². The lowest BCUT2D eigenvalue weighted by Crippen LogP contribution is -2.19. The van der Waals surface area contributed by atoms with Crippen molar-refractivity contribution < 1.29 is 0 Å². The third-order valence-corrected chi connectivity index (χ3v) is 2.86. The van der Waals surface area contributed by atoms with Crippen molar-refractivity contribution >= 4 is 21.4 Å². The molecule has 0 saturated carbocycles. The Hall–Kier alpha value is -0.870. The lowest BCUT2D eigenvalue weighted by Gasteiger charge is -2.04. The van der Waals surface area contributed by atoms with E-state index >= 15 is 0 Å². The van der Waals surface area contributed by atoms with E-state index in [1.54, 1.807) is 0 Å². The van der Waals surface area contributed by atoms with Gasteiger partial charge in [-0.3, -0.25) is 0 Å². The van der Waals surface area contributed by atoms with Crippen LogP contribution in [0.25, 0.3) is 5.52 Å². The summed E-state index contributed by atoms with van der Waals surface area (Å²) in [6.07, 6.45) is 2.83. The molecule has 0 radical (unpaired) electrons. The third kappa shape index (κ3) is 2.06. The van der Waals surface area contributed by atoms with Gasteiger partial charge in [-0.15, -0.1) is 0 Å². The highest BCUT2D eigenvalue weighted by atomic mass is 79.9. The van der Waals surface area contributed by atoms with E-state index in [1.807, 2.05) is 26.1 Å². The van der Waals surface area contributed by atoms with Crippen LogP contribution in [0.2, 0.25) is 0 Å². The molecule has 0 bridgehead atoms. The Morgan fingerprint density at radius 1 is 1.60 bits per heavy atom. The number of pyridine rings is 1. The molecule has 0 aliphatic heterocycles. The zero-order chi connectivity index (χ0) is 11.0. The number of fused-ring (bicyclic) bond motifs is 1. The number of halogens is 1. The standard InChI is InChI=1S/C11H14BrN3/c1-7(13)5-11-14-8(2)10-6-9(12)3-4-15(10)11/h3-4,6-7H,5,13H2,1-2H3. The van der Waals surface area contributed by atoms with Crippen LogP contribution in [0.5, 0.6) is 0 Å². The first-order valence-corrected chi connectivity index (χ1v) is 5.76. The largest absolute Gasteiger partial charge is 0.328 e. The molecule has 2 aromatic heterocycles. The summed E-state index contributed by atoms with van der Waals surface area (Å²) >= 11 is 3.46. The number of aromatic nitrogens is 2. The van der Waals surface area contributed by atoms with Crippen LogP contribution in [0.4, 0.5) is 0 Å². The van der Waals surface area contributed by atoms with Crippen molar-refractivity contribution in [1.82, 2.24) is 9.38 Å². The molecule has 3 nitrogen and oxygen atoms in total. The van der Waals surface area contributed by atoms with Crippen molar-refractivity contribution in [3.63, 3.8) is 0 Å². The lowest BCUT2D eigenvalue weighted by atomic mass is 10.2. The fourth-order valence-corrected chi connectivity index (χ4v) is 2.05. The number of nitrogens with two attached hydrogens (primary N) is 1. The molecule has 0 amide bonds. The molecule has 0 aliphatic carbocycles. The molecule has 2 heterocycles. The summed E-state index contributed by atoms with van der Waals surface area (Å²) in [7, 11) is 0. The maximum atomic E-state index is 5.79. The minimum Gasteiger partial charge on any atom is -0.328 e. The second-order valence-corrected chi connectivity index (χ2v) is 4.81. The first-order chi connectivity index (χ1) is 7.08. The third-order valence-electron chi connectivity index (χ3n) is 2.37. The molecule has 15 heavy (non-hydrogen) atoms. The van der Waals surface area contributed by atoms with Crippen molar-refractivity contribution in [2.75, 3.05) is 0 Å². The van der Waals surface area contributed by atoms with E-state index in [-0.39, 0.29) is 6.04 Å². The Balaban J connectivity index is 2.57. The topological polar surface area (TPSA) is 43.3 Å². The van der Waals surface area contributed by atoms with E-state index < -0.39 is 0 Å². The monoisotopic (exact) mass is 267 g/mol. The Labute approximate surface area is 97.4 Å². The van der Waals surface area contributed by atoms with Gasteiger partial charge in [0.05, 0.1) is 11.2 Å². The van der Waals surface area contributed by atoms with E-state index in [9.17, 15) is 0 Å². The van der Waals surface area contributed by atoms with Gasteiger partial charge in [0, 0.05) is 23.1 Å². The van der Waals surface area contributed by atoms with Crippen LogP contribution in [-0.2, 0) is 6.42 Å². The Morgan fingerprint density at radius 2 is 2.33 bits per heavy atom. The van der Waals surface area contributed by atoms with Crippen LogP contribution in [0, 0.1) is 6.92 Å². The molecule has 0 spiro atoms. The summed E-state index contributed by atoms with van der Waals surface area (Å²) in [5.41, 5.74) is 7.98. The molecule has 2 rings (SSSR count). The summed E-state index contributed by atoms with van der Waals surface area (Å²) in [5.74, 6) is 1.03. The molecule has 0 aliphatic rings. The van der Waals surface area contributed by atoms with Crippen LogP contribution in [0.15, 0.2) is 22.8 Å². The van der Waals surface area contributed by atoms with Crippen LogP contribution < -0.4 is 5.73 Å². The second kappa shape index (κ2) is 3.94. The molecule has 80 valence electrons. The highest BCUT2D eigenvalue weighted by Crippen LogP contribution is 2.18. The Bertz CT molecular complexity index is 488. The highest BCUT2D eigenvalue weighted by molar-refractivity contribution is 9.10. The zero-order valence-electron chi connectivity index (χ0n) is 8.87. The van der Waals surface area contributed by atoms with Gasteiger partial charge in [-0.2, -0.15) is 0 Å². The molecule has 1 atom stereocenters. The van der Waals surface area contributed by atoms with Gasteiger partial charge in [-0.1, -0.05) is 15.9 Å². The Kier molecular flexibility index (Phi) is 2.80. The van der Waals surface area contributed by atoms with Gasteiger partial charge in [0.25, 0.3) is 0 Å². The second-order valence-electron chi connectivity index (χ2n) is 3.90. The van der Waals surface area contributed by atoms with Crippen molar-refractivity contribution in [2.45, 2.75) is 26.3 Å². The van der Waals surface area contributed by atoms with Crippen LogP contribution in [-0.4, -0.2) is 15.4 Å². The van der Waals surface area contributed by atoms with Crippen LogP contribution >= 0.6 is 15.9 Å². The minimum atomic E-state index is 0.138. The number of rotatable bonds is 2. The van der Waals surface area contributed by atoms with Gasteiger partial charge in [0.15, 0.2) is 0 Å². The molecule has 2 N–H and O–H groups in total. The summed E-state index contributed by atoms with van der Waals surface area (Å²) in [4.78, 5) is 4.53. The highest BCUT2D eigenvalue weighted by Gasteiger charge is 2.09.